The van der Waals surface area contributed by atoms with Crippen LogP contribution in [0.2, 0.25) is 0 Å². The lowest BCUT2D eigenvalue weighted by Gasteiger charge is -2.12. The second-order valence-electron chi connectivity index (χ2n) is 3.28. The summed E-state index contributed by atoms with van der Waals surface area (Å²) in [5.74, 6) is 0. The van der Waals surface area contributed by atoms with Crippen LogP contribution in [0.3, 0.4) is 0 Å². The lowest BCUT2D eigenvalue weighted by Crippen LogP contribution is -2.14. The lowest BCUT2D eigenvalue weighted by molar-refractivity contribution is 0.650. The predicted octanol–water partition coefficient (Wildman–Crippen LogP) is 2.12. The molecule has 0 saturated carbocycles. The van der Waals surface area contributed by atoms with Gasteiger partial charge in [0, 0.05) is 11.7 Å². The van der Waals surface area contributed by atoms with E-state index >= 15 is 0 Å². The van der Waals surface area contributed by atoms with Crippen LogP contribution in [-0.2, 0) is 0 Å². The Morgan fingerprint density at radius 1 is 1.31 bits per heavy atom. The zero-order chi connectivity index (χ0) is 8.39. The summed E-state index contributed by atoms with van der Waals surface area (Å²) in [5.41, 5.74) is 8.03. The summed E-state index contributed by atoms with van der Waals surface area (Å²) in [7, 11) is 0. The smallest absolute Gasteiger partial charge is 0.0362 e. The summed E-state index contributed by atoms with van der Waals surface area (Å²) < 4.78 is 0. The van der Waals surface area contributed by atoms with Crippen LogP contribution in [0.25, 0.3) is 0 Å². The fourth-order valence-electron chi connectivity index (χ4n) is 1.78. The summed E-state index contributed by atoms with van der Waals surface area (Å²) in [6.07, 6.45) is 2.48. The average molecular weight is 199 g/mol. The fourth-order valence-corrected chi connectivity index (χ4v) is 1.78. The highest BCUT2D eigenvalue weighted by Gasteiger charge is 2.17. The molecule has 1 heterocycles. The average Bonchev–Trinajstić information content (AvgIpc) is 2.57. The molecule has 0 radical (unpaired) electrons. The van der Waals surface area contributed by atoms with Crippen molar-refractivity contribution in [2.45, 2.75) is 18.9 Å². The number of hydrogen-bond acceptors (Lipinski definition) is 2. The monoisotopic (exact) mass is 198 g/mol. The summed E-state index contributed by atoms with van der Waals surface area (Å²) in [5, 5.41) is 3.43. The van der Waals surface area contributed by atoms with E-state index in [4.69, 9.17) is 5.73 Å². The third-order valence-corrected chi connectivity index (χ3v) is 2.43. The van der Waals surface area contributed by atoms with Crippen molar-refractivity contribution in [2.24, 2.45) is 0 Å². The van der Waals surface area contributed by atoms with Gasteiger partial charge in [-0.1, -0.05) is 18.2 Å². The van der Waals surface area contributed by atoms with E-state index in [1.807, 2.05) is 18.2 Å². The molecule has 1 fully saturated rings. The van der Waals surface area contributed by atoms with Crippen molar-refractivity contribution in [1.82, 2.24) is 5.32 Å². The molecule has 13 heavy (non-hydrogen) atoms. The molecule has 1 saturated heterocycles. The van der Waals surface area contributed by atoms with E-state index in [1.165, 1.54) is 18.4 Å². The van der Waals surface area contributed by atoms with Crippen molar-refractivity contribution in [2.75, 3.05) is 12.3 Å². The van der Waals surface area contributed by atoms with Crippen molar-refractivity contribution < 1.29 is 0 Å². The quantitative estimate of drug-likeness (QED) is 0.679. The maximum absolute atomic E-state index is 5.86. The number of hydrogen-bond donors (Lipinski definition) is 2. The summed E-state index contributed by atoms with van der Waals surface area (Å²) in [4.78, 5) is 0. The van der Waals surface area contributed by atoms with Gasteiger partial charge in [0.25, 0.3) is 0 Å². The van der Waals surface area contributed by atoms with E-state index in [0.717, 1.165) is 12.2 Å². The van der Waals surface area contributed by atoms with Crippen LogP contribution in [-0.4, -0.2) is 6.54 Å². The second kappa shape index (κ2) is 4.49. The van der Waals surface area contributed by atoms with Crippen LogP contribution in [0.15, 0.2) is 24.3 Å². The van der Waals surface area contributed by atoms with Gasteiger partial charge in [0.1, 0.15) is 0 Å². The molecule has 72 valence electrons. The Morgan fingerprint density at radius 3 is 2.69 bits per heavy atom. The zero-order valence-electron chi connectivity index (χ0n) is 7.49. The molecular weight excluding hydrogens is 184 g/mol. The highest BCUT2D eigenvalue weighted by atomic mass is 35.5. The van der Waals surface area contributed by atoms with Gasteiger partial charge in [-0.3, -0.25) is 0 Å². The molecule has 1 aromatic carbocycles. The van der Waals surface area contributed by atoms with Crippen LogP contribution < -0.4 is 11.1 Å². The molecule has 3 N–H and O–H groups in total. The second-order valence-corrected chi connectivity index (χ2v) is 3.28. The Bertz CT molecular complexity index is 269. The van der Waals surface area contributed by atoms with Crippen LogP contribution >= 0.6 is 12.4 Å². The SMILES string of the molecule is Cl.Nc1ccccc1C1CCCN1. The minimum absolute atomic E-state index is 0. The number of rotatable bonds is 1. The largest absolute Gasteiger partial charge is 0.398 e. The normalized spacial score (nSPS) is 21.1. The number of nitrogen functional groups attached to an aromatic ring is 1. The molecule has 0 aliphatic carbocycles. The zero-order valence-corrected chi connectivity index (χ0v) is 8.31. The molecule has 0 spiro atoms. The Balaban J connectivity index is 0.000000845. The van der Waals surface area contributed by atoms with E-state index in [-0.39, 0.29) is 12.4 Å². The molecule has 0 aromatic heterocycles. The minimum atomic E-state index is 0. The standard InChI is InChI=1S/C10H14N2.ClH/c11-9-5-2-1-4-8(9)10-6-3-7-12-10;/h1-2,4-5,10,12H,3,6-7,11H2;1H. The molecule has 1 atom stereocenters. The Hall–Kier alpha value is -0.730. The molecule has 2 rings (SSSR count). The van der Waals surface area contributed by atoms with Gasteiger partial charge in [0.15, 0.2) is 0 Å². The number of nitrogens with two attached hydrogens (primary N) is 1. The van der Waals surface area contributed by atoms with Gasteiger partial charge in [-0.2, -0.15) is 0 Å². The third kappa shape index (κ3) is 2.14. The molecule has 1 aliphatic rings. The van der Waals surface area contributed by atoms with Gasteiger partial charge in [-0.25, -0.2) is 0 Å². The predicted molar refractivity (Wildman–Crippen MR) is 58.1 cm³/mol. The van der Waals surface area contributed by atoms with E-state index in [0.29, 0.717) is 6.04 Å². The molecule has 1 aromatic rings. The maximum Gasteiger partial charge on any atom is 0.0362 e. The topological polar surface area (TPSA) is 38.0 Å². The molecule has 1 unspecified atom stereocenters. The lowest BCUT2D eigenvalue weighted by atomic mass is 10.0. The number of anilines is 1. The van der Waals surface area contributed by atoms with E-state index < -0.39 is 0 Å². The molecule has 0 bridgehead atoms. The summed E-state index contributed by atoms with van der Waals surface area (Å²) >= 11 is 0. The van der Waals surface area contributed by atoms with Gasteiger partial charge in [-0.15, -0.1) is 12.4 Å². The van der Waals surface area contributed by atoms with Gasteiger partial charge >= 0.3 is 0 Å². The number of benzene rings is 1. The van der Waals surface area contributed by atoms with Crippen molar-refractivity contribution >= 4 is 18.1 Å². The highest BCUT2D eigenvalue weighted by Crippen LogP contribution is 2.26. The molecule has 1 aliphatic heterocycles. The summed E-state index contributed by atoms with van der Waals surface area (Å²) in [6, 6.07) is 8.60. The first kappa shape index (κ1) is 10.4. The first-order valence-electron chi connectivity index (χ1n) is 4.46. The van der Waals surface area contributed by atoms with Crippen molar-refractivity contribution in [3.8, 4) is 0 Å². The first-order valence-corrected chi connectivity index (χ1v) is 4.46. The Labute approximate surface area is 84.9 Å². The maximum atomic E-state index is 5.86. The molecule has 3 heteroatoms. The van der Waals surface area contributed by atoms with Crippen molar-refractivity contribution in [3.63, 3.8) is 0 Å². The third-order valence-electron chi connectivity index (χ3n) is 2.43. The van der Waals surface area contributed by atoms with Crippen molar-refractivity contribution in [3.05, 3.63) is 29.8 Å². The Morgan fingerprint density at radius 2 is 2.08 bits per heavy atom. The van der Waals surface area contributed by atoms with Gasteiger partial charge < -0.3 is 11.1 Å². The molecular formula is C10H15ClN2. The van der Waals surface area contributed by atoms with Crippen LogP contribution in [0, 0.1) is 0 Å². The summed E-state index contributed by atoms with van der Waals surface area (Å²) in [6.45, 7) is 1.12. The number of nitrogens with one attached hydrogen (secondary N) is 1. The van der Waals surface area contributed by atoms with E-state index in [1.54, 1.807) is 0 Å². The first-order chi connectivity index (χ1) is 5.88. The number of para-hydroxylation sites is 1. The molecule has 2 nitrogen and oxygen atoms in total. The van der Waals surface area contributed by atoms with Crippen LogP contribution in [0.1, 0.15) is 24.4 Å². The van der Waals surface area contributed by atoms with E-state index in [9.17, 15) is 0 Å². The van der Waals surface area contributed by atoms with Crippen LogP contribution in [0.5, 0.6) is 0 Å². The van der Waals surface area contributed by atoms with E-state index in [2.05, 4.69) is 11.4 Å². The number of halogens is 1. The minimum Gasteiger partial charge on any atom is -0.398 e. The van der Waals surface area contributed by atoms with Crippen LogP contribution in [0.4, 0.5) is 5.69 Å². The fraction of sp³-hybridized carbons (Fsp3) is 0.400. The van der Waals surface area contributed by atoms with Gasteiger partial charge in [-0.05, 0) is 31.0 Å². The van der Waals surface area contributed by atoms with Crippen molar-refractivity contribution in [1.29, 1.82) is 0 Å². The van der Waals surface area contributed by atoms with Gasteiger partial charge in [0.2, 0.25) is 0 Å². The van der Waals surface area contributed by atoms with Gasteiger partial charge in [0.05, 0.1) is 0 Å². The Kier molecular flexibility index (Phi) is 3.58. The molecule has 0 amide bonds. The highest BCUT2D eigenvalue weighted by molar-refractivity contribution is 5.85.